The van der Waals surface area contributed by atoms with Crippen molar-refractivity contribution in [3.05, 3.63) is 0 Å². The maximum absolute atomic E-state index is 3.49. The minimum atomic E-state index is 0.901. The molecule has 1 aliphatic carbocycles. The van der Waals surface area contributed by atoms with Crippen molar-refractivity contribution in [3.8, 4) is 0 Å². The molecule has 0 amide bonds. The molecule has 0 aromatic carbocycles. The van der Waals surface area contributed by atoms with E-state index in [4.69, 9.17) is 0 Å². The molecule has 1 heterocycles. The zero-order valence-corrected chi connectivity index (χ0v) is 13.2. The molecule has 0 atom stereocenters. The summed E-state index contributed by atoms with van der Waals surface area (Å²) in [5, 5.41) is 3.49. The van der Waals surface area contributed by atoms with Gasteiger partial charge in [0, 0.05) is 12.6 Å². The summed E-state index contributed by atoms with van der Waals surface area (Å²) >= 11 is 0. The molecule has 112 valence electrons. The lowest BCUT2D eigenvalue weighted by atomic mass is 9.83. The van der Waals surface area contributed by atoms with Gasteiger partial charge in [-0.1, -0.05) is 20.3 Å². The minimum Gasteiger partial charge on any atom is -0.317 e. The number of nitrogens with zero attached hydrogens (tertiary/aromatic N) is 1. The standard InChI is InChI=1S/C17H34N2/c1-3-13-19(14-16-9-11-18-12-10-16)17-7-5-15(4-2)6-8-17/h15-18H,3-14H2,1-2H3. The molecule has 0 aromatic rings. The van der Waals surface area contributed by atoms with Crippen LogP contribution in [0.4, 0.5) is 0 Å². The van der Waals surface area contributed by atoms with Crippen molar-refractivity contribution in [3.63, 3.8) is 0 Å². The Hall–Kier alpha value is -0.0800. The molecular formula is C17H34N2. The van der Waals surface area contributed by atoms with Gasteiger partial charge in [0.2, 0.25) is 0 Å². The molecule has 2 heteroatoms. The topological polar surface area (TPSA) is 15.3 Å². The predicted octanol–water partition coefficient (Wildman–Crippen LogP) is 3.67. The van der Waals surface area contributed by atoms with Crippen LogP contribution in [0.1, 0.15) is 65.2 Å². The van der Waals surface area contributed by atoms with Gasteiger partial charge in [-0.15, -0.1) is 0 Å². The van der Waals surface area contributed by atoms with E-state index in [0.29, 0.717) is 0 Å². The number of rotatable bonds is 6. The van der Waals surface area contributed by atoms with Gasteiger partial charge in [0.1, 0.15) is 0 Å². The van der Waals surface area contributed by atoms with Crippen molar-refractivity contribution in [1.29, 1.82) is 0 Å². The molecule has 2 nitrogen and oxygen atoms in total. The molecule has 0 aromatic heterocycles. The fraction of sp³-hybridized carbons (Fsp3) is 1.00. The third kappa shape index (κ3) is 4.75. The van der Waals surface area contributed by atoms with Crippen molar-refractivity contribution in [2.75, 3.05) is 26.2 Å². The number of piperidine rings is 1. The van der Waals surface area contributed by atoms with Crippen LogP contribution >= 0.6 is 0 Å². The van der Waals surface area contributed by atoms with Crippen molar-refractivity contribution in [1.82, 2.24) is 10.2 Å². The maximum atomic E-state index is 3.49. The third-order valence-electron chi connectivity index (χ3n) is 5.37. The Kier molecular flexibility index (Phi) is 6.66. The largest absolute Gasteiger partial charge is 0.317 e. The monoisotopic (exact) mass is 266 g/mol. The fourth-order valence-electron chi connectivity index (χ4n) is 4.02. The maximum Gasteiger partial charge on any atom is 0.00955 e. The van der Waals surface area contributed by atoms with Crippen LogP contribution in [0.25, 0.3) is 0 Å². The van der Waals surface area contributed by atoms with E-state index in [1.165, 1.54) is 77.5 Å². The first kappa shape index (κ1) is 15.3. The second-order valence-corrected chi connectivity index (χ2v) is 6.77. The molecule has 19 heavy (non-hydrogen) atoms. The Balaban J connectivity index is 1.81. The molecule has 1 saturated carbocycles. The highest BCUT2D eigenvalue weighted by atomic mass is 15.2. The Bertz CT molecular complexity index is 227. The van der Waals surface area contributed by atoms with Gasteiger partial charge >= 0.3 is 0 Å². The normalized spacial score (nSPS) is 29.8. The molecule has 0 spiro atoms. The molecule has 1 N–H and O–H groups in total. The Labute approximate surface area is 120 Å². The lowest BCUT2D eigenvalue weighted by Gasteiger charge is -2.39. The van der Waals surface area contributed by atoms with Gasteiger partial charge in [-0.25, -0.2) is 0 Å². The van der Waals surface area contributed by atoms with Gasteiger partial charge in [0.05, 0.1) is 0 Å². The molecule has 0 unspecified atom stereocenters. The summed E-state index contributed by atoms with van der Waals surface area (Å²) in [5.74, 6) is 1.98. The summed E-state index contributed by atoms with van der Waals surface area (Å²) in [7, 11) is 0. The summed E-state index contributed by atoms with van der Waals surface area (Å²) in [6, 6.07) is 0.901. The van der Waals surface area contributed by atoms with Crippen LogP contribution in [0.15, 0.2) is 0 Å². The minimum absolute atomic E-state index is 0.901. The molecule has 0 radical (unpaired) electrons. The SMILES string of the molecule is CCCN(CC1CCNCC1)C1CCC(CC)CC1. The average Bonchev–Trinajstić information content (AvgIpc) is 2.48. The van der Waals surface area contributed by atoms with E-state index in [1.54, 1.807) is 0 Å². The summed E-state index contributed by atoms with van der Waals surface area (Å²) in [5.41, 5.74) is 0. The smallest absolute Gasteiger partial charge is 0.00955 e. The number of hydrogen-bond donors (Lipinski definition) is 1. The van der Waals surface area contributed by atoms with Crippen molar-refractivity contribution < 1.29 is 0 Å². The van der Waals surface area contributed by atoms with Gasteiger partial charge in [0.25, 0.3) is 0 Å². The zero-order valence-electron chi connectivity index (χ0n) is 13.2. The summed E-state index contributed by atoms with van der Waals surface area (Å²) in [6.45, 7) is 9.89. The van der Waals surface area contributed by atoms with Crippen LogP contribution in [-0.4, -0.2) is 37.1 Å². The summed E-state index contributed by atoms with van der Waals surface area (Å²) in [6.07, 6.45) is 11.4. The third-order valence-corrected chi connectivity index (χ3v) is 5.37. The quantitative estimate of drug-likeness (QED) is 0.789. The van der Waals surface area contributed by atoms with Gasteiger partial charge < -0.3 is 10.2 Å². The Morgan fingerprint density at radius 3 is 2.16 bits per heavy atom. The Morgan fingerprint density at radius 1 is 0.895 bits per heavy atom. The Morgan fingerprint density at radius 2 is 1.58 bits per heavy atom. The van der Waals surface area contributed by atoms with E-state index < -0.39 is 0 Å². The second-order valence-electron chi connectivity index (χ2n) is 6.77. The van der Waals surface area contributed by atoms with E-state index in [0.717, 1.165) is 17.9 Å². The van der Waals surface area contributed by atoms with E-state index in [1.807, 2.05) is 0 Å². The molecular weight excluding hydrogens is 232 g/mol. The van der Waals surface area contributed by atoms with Crippen LogP contribution in [-0.2, 0) is 0 Å². The van der Waals surface area contributed by atoms with Crippen LogP contribution in [0, 0.1) is 11.8 Å². The molecule has 2 aliphatic rings. The number of hydrogen-bond acceptors (Lipinski definition) is 2. The molecule has 0 bridgehead atoms. The van der Waals surface area contributed by atoms with E-state index in [2.05, 4.69) is 24.1 Å². The van der Waals surface area contributed by atoms with Crippen LogP contribution in [0.5, 0.6) is 0 Å². The fourth-order valence-corrected chi connectivity index (χ4v) is 4.02. The van der Waals surface area contributed by atoms with Gasteiger partial charge in [-0.2, -0.15) is 0 Å². The summed E-state index contributed by atoms with van der Waals surface area (Å²) < 4.78 is 0. The highest BCUT2D eigenvalue weighted by Gasteiger charge is 2.26. The van der Waals surface area contributed by atoms with E-state index in [9.17, 15) is 0 Å². The van der Waals surface area contributed by atoms with Gasteiger partial charge in [0.15, 0.2) is 0 Å². The highest BCUT2D eigenvalue weighted by molar-refractivity contribution is 4.82. The van der Waals surface area contributed by atoms with E-state index in [-0.39, 0.29) is 0 Å². The zero-order chi connectivity index (χ0) is 13.5. The van der Waals surface area contributed by atoms with Gasteiger partial charge in [-0.05, 0) is 76.4 Å². The van der Waals surface area contributed by atoms with E-state index >= 15 is 0 Å². The number of nitrogens with one attached hydrogen (secondary N) is 1. The van der Waals surface area contributed by atoms with Crippen molar-refractivity contribution >= 4 is 0 Å². The first-order chi connectivity index (χ1) is 9.33. The highest BCUT2D eigenvalue weighted by Crippen LogP contribution is 2.30. The first-order valence-electron chi connectivity index (χ1n) is 8.78. The molecule has 2 fully saturated rings. The van der Waals surface area contributed by atoms with Crippen molar-refractivity contribution in [2.24, 2.45) is 11.8 Å². The molecule has 1 saturated heterocycles. The first-order valence-corrected chi connectivity index (χ1v) is 8.78. The second kappa shape index (κ2) is 8.26. The summed E-state index contributed by atoms with van der Waals surface area (Å²) in [4.78, 5) is 2.85. The molecule has 2 rings (SSSR count). The van der Waals surface area contributed by atoms with Crippen LogP contribution < -0.4 is 5.32 Å². The van der Waals surface area contributed by atoms with Crippen LogP contribution in [0.2, 0.25) is 0 Å². The van der Waals surface area contributed by atoms with Gasteiger partial charge in [-0.3, -0.25) is 0 Å². The van der Waals surface area contributed by atoms with Crippen molar-refractivity contribution in [2.45, 2.75) is 71.3 Å². The molecule has 1 aliphatic heterocycles. The average molecular weight is 266 g/mol. The van der Waals surface area contributed by atoms with Crippen LogP contribution in [0.3, 0.4) is 0 Å². The predicted molar refractivity (Wildman–Crippen MR) is 83.5 cm³/mol. The lowest BCUT2D eigenvalue weighted by molar-refractivity contribution is 0.108. The lowest BCUT2D eigenvalue weighted by Crippen LogP contribution is -2.43.